The van der Waals surface area contributed by atoms with E-state index in [0.717, 1.165) is 36.1 Å². The third-order valence-electron chi connectivity index (χ3n) is 5.30. The van der Waals surface area contributed by atoms with Gasteiger partial charge < -0.3 is 0 Å². The molecule has 0 fully saturated rings. The lowest BCUT2D eigenvalue weighted by atomic mass is 9.72. The predicted molar refractivity (Wildman–Crippen MR) is 137 cm³/mol. The van der Waals surface area contributed by atoms with Crippen LogP contribution in [0.25, 0.3) is 16.9 Å². The van der Waals surface area contributed by atoms with Crippen LogP contribution in [-0.4, -0.2) is 44.5 Å². The molecule has 0 aliphatic rings. The summed E-state index contributed by atoms with van der Waals surface area (Å²) in [6.45, 7) is 6.16. The van der Waals surface area contributed by atoms with Crippen molar-refractivity contribution < 1.29 is 18.0 Å². The molecule has 0 aliphatic heterocycles. The maximum absolute atomic E-state index is 11.6. The Hall–Kier alpha value is -3.12. The molecule has 183 valence electrons. The van der Waals surface area contributed by atoms with Crippen molar-refractivity contribution in [2.45, 2.75) is 44.0 Å². The highest BCUT2D eigenvalue weighted by Crippen LogP contribution is 2.25. The second kappa shape index (κ2) is 12.5. The number of carbonyl (C=O) groups excluding carboxylic acids is 1. The summed E-state index contributed by atoms with van der Waals surface area (Å²) in [4.78, 5) is 20.0. The molecule has 35 heavy (non-hydrogen) atoms. The van der Waals surface area contributed by atoms with Crippen molar-refractivity contribution in [3.8, 4) is 16.9 Å². The van der Waals surface area contributed by atoms with Crippen LogP contribution in [0.3, 0.4) is 0 Å². The molecule has 9 nitrogen and oxygen atoms in total. The summed E-state index contributed by atoms with van der Waals surface area (Å²) in [6.07, 6.45) is 3.45. The van der Waals surface area contributed by atoms with E-state index >= 15 is 0 Å². The number of nitrogens with one attached hydrogen (secondary N) is 1. The first-order chi connectivity index (χ1) is 16.8. The quantitative estimate of drug-likeness (QED) is 0.162. The Morgan fingerprint density at radius 1 is 1.14 bits per heavy atom. The standard InChI is InChI=1S/C24H29BN5O4S/c1-18-6-8-19(9-7-18)23-16-20(17-34-28-15-5-3-4-14-25-24(31)27-2)29-30(23)21-10-12-22(13-11-21)35(26,32)33/h6-13,16,28H,2-5,14-15,17H2,1H3,(H2,26,32,33). The van der Waals surface area contributed by atoms with E-state index in [-0.39, 0.29) is 17.3 Å². The Kier molecular flexibility index (Phi) is 9.50. The van der Waals surface area contributed by atoms with Gasteiger partial charge in [-0.1, -0.05) is 49.0 Å². The number of sulfonamides is 1. The number of nitrogens with two attached hydrogens (primary N) is 1. The number of aryl methyl sites for hydroxylation is 1. The number of hydroxylamine groups is 1. The van der Waals surface area contributed by atoms with Crippen LogP contribution in [-0.2, 0) is 21.5 Å². The topological polar surface area (TPSA) is 129 Å². The van der Waals surface area contributed by atoms with Crippen molar-refractivity contribution in [1.82, 2.24) is 15.3 Å². The van der Waals surface area contributed by atoms with E-state index in [4.69, 9.17) is 9.98 Å². The zero-order chi connectivity index (χ0) is 25.3. The fourth-order valence-corrected chi connectivity index (χ4v) is 3.93. The van der Waals surface area contributed by atoms with Crippen molar-refractivity contribution in [2.24, 2.45) is 10.1 Å². The fraction of sp³-hybridized carbons (Fsp3) is 0.292. The molecule has 0 unspecified atom stereocenters. The van der Waals surface area contributed by atoms with Gasteiger partial charge in [-0.3, -0.25) is 9.63 Å². The minimum absolute atomic E-state index is 0.0416. The summed E-state index contributed by atoms with van der Waals surface area (Å²) in [5, 5.41) is 9.90. The van der Waals surface area contributed by atoms with Gasteiger partial charge in [0.2, 0.25) is 17.3 Å². The smallest absolute Gasteiger partial charge is 0.238 e. The molecule has 0 atom stereocenters. The number of carbonyl (C=O) groups is 1. The lowest BCUT2D eigenvalue weighted by Crippen LogP contribution is -2.16. The van der Waals surface area contributed by atoms with Gasteiger partial charge in [0, 0.05) is 12.1 Å². The number of aliphatic imine (C=N–C) groups is 1. The lowest BCUT2D eigenvalue weighted by Gasteiger charge is -2.09. The summed E-state index contributed by atoms with van der Waals surface area (Å²) in [7, 11) is -2.23. The molecule has 0 spiro atoms. The van der Waals surface area contributed by atoms with Crippen LogP contribution in [0.4, 0.5) is 4.79 Å². The van der Waals surface area contributed by atoms with E-state index in [9.17, 15) is 13.2 Å². The van der Waals surface area contributed by atoms with E-state index < -0.39 is 10.0 Å². The third-order valence-corrected chi connectivity index (χ3v) is 6.23. The van der Waals surface area contributed by atoms with Gasteiger partial charge in [-0.15, -0.1) is 0 Å². The maximum atomic E-state index is 11.6. The monoisotopic (exact) mass is 494 g/mol. The molecule has 1 heterocycles. The molecule has 1 aromatic heterocycles. The lowest BCUT2D eigenvalue weighted by molar-refractivity contribution is 0.0253. The summed E-state index contributed by atoms with van der Waals surface area (Å²) in [5.74, 6) is -0.281. The predicted octanol–water partition coefficient (Wildman–Crippen LogP) is 3.63. The summed E-state index contributed by atoms with van der Waals surface area (Å²) in [6, 6.07) is 16.3. The molecule has 0 aliphatic carbocycles. The molecule has 3 N–H and O–H groups in total. The van der Waals surface area contributed by atoms with E-state index in [1.807, 2.05) is 37.3 Å². The molecule has 0 saturated carbocycles. The first-order valence-corrected chi connectivity index (χ1v) is 12.8. The number of aromatic nitrogens is 2. The van der Waals surface area contributed by atoms with Crippen LogP contribution in [0.2, 0.25) is 6.32 Å². The van der Waals surface area contributed by atoms with Crippen molar-refractivity contribution in [1.29, 1.82) is 0 Å². The first kappa shape index (κ1) is 26.5. The summed E-state index contributed by atoms with van der Waals surface area (Å²) >= 11 is 0. The van der Waals surface area contributed by atoms with Crippen LogP contribution < -0.4 is 10.6 Å². The number of benzene rings is 2. The normalized spacial score (nSPS) is 11.4. The number of hydrogen-bond acceptors (Lipinski definition) is 6. The number of primary sulfonamides is 1. The van der Waals surface area contributed by atoms with E-state index in [2.05, 4.69) is 22.3 Å². The van der Waals surface area contributed by atoms with Gasteiger partial charge in [-0.25, -0.2) is 28.7 Å². The third kappa shape index (κ3) is 7.96. The highest BCUT2D eigenvalue weighted by molar-refractivity contribution is 7.89. The van der Waals surface area contributed by atoms with E-state index in [1.54, 1.807) is 24.1 Å². The molecule has 0 bridgehead atoms. The van der Waals surface area contributed by atoms with Crippen LogP contribution in [0.5, 0.6) is 0 Å². The molecule has 11 heteroatoms. The van der Waals surface area contributed by atoms with Crippen molar-refractivity contribution in [2.75, 3.05) is 6.54 Å². The Morgan fingerprint density at radius 2 is 1.86 bits per heavy atom. The molecule has 0 saturated heterocycles. The van der Waals surface area contributed by atoms with Gasteiger partial charge in [-0.2, -0.15) is 5.10 Å². The van der Waals surface area contributed by atoms with E-state index in [1.165, 1.54) is 12.1 Å². The largest absolute Gasteiger partial charge is 0.295 e. The van der Waals surface area contributed by atoms with E-state index in [0.29, 0.717) is 24.2 Å². The number of nitrogens with zero attached hydrogens (tertiary/aromatic N) is 3. The minimum atomic E-state index is -3.78. The molecule has 3 rings (SSSR count). The average molecular weight is 494 g/mol. The van der Waals surface area contributed by atoms with Crippen molar-refractivity contribution in [3.05, 3.63) is 65.9 Å². The van der Waals surface area contributed by atoms with Gasteiger partial charge in [0.25, 0.3) is 0 Å². The second-order valence-corrected chi connectivity index (χ2v) is 9.63. The van der Waals surface area contributed by atoms with Crippen LogP contribution in [0.1, 0.15) is 30.5 Å². The fourth-order valence-electron chi connectivity index (χ4n) is 3.41. The van der Waals surface area contributed by atoms with Crippen molar-refractivity contribution in [3.63, 3.8) is 0 Å². The molecule has 1 radical (unpaired) electrons. The first-order valence-electron chi connectivity index (χ1n) is 11.3. The molecular weight excluding hydrogens is 465 g/mol. The Balaban J connectivity index is 1.62. The second-order valence-electron chi connectivity index (χ2n) is 8.07. The molecule has 3 aromatic rings. The zero-order valence-electron chi connectivity index (χ0n) is 19.7. The number of rotatable bonds is 13. The maximum Gasteiger partial charge on any atom is 0.238 e. The molecule has 2 aromatic carbocycles. The Labute approximate surface area is 206 Å². The summed E-state index contributed by atoms with van der Waals surface area (Å²) < 4.78 is 25.0. The minimum Gasteiger partial charge on any atom is -0.295 e. The van der Waals surface area contributed by atoms with Crippen LogP contribution in [0, 0.1) is 6.92 Å². The SMILES string of the molecule is C=NC(=O)[B]CCCCCNOCc1cc(-c2ccc(C)cc2)n(-c2ccc(S(N)(=O)=O)cc2)n1. The number of unbranched alkanes of at least 4 members (excludes halogenated alkanes) is 2. The van der Waals surface area contributed by atoms with Gasteiger partial charge >= 0.3 is 0 Å². The van der Waals surface area contributed by atoms with Gasteiger partial charge in [0.05, 0.1) is 22.0 Å². The Morgan fingerprint density at radius 3 is 2.51 bits per heavy atom. The van der Waals surface area contributed by atoms with Gasteiger partial charge in [0.15, 0.2) is 5.81 Å². The summed E-state index contributed by atoms with van der Waals surface area (Å²) in [5.41, 5.74) is 7.34. The van der Waals surface area contributed by atoms with Crippen LogP contribution in [0.15, 0.2) is 64.5 Å². The highest BCUT2D eigenvalue weighted by Gasteiger charge is 2.14. The highest BCUT2D eigenvalue weighted by atomic mass is 32.2. The van der Waals surface area contributed by atoms with Crippen molar-refractivity contribution >= 4 is 29.8 Å². The Bertz CT molecular complexity index is 1240. The van der Waals surface area contributed by atoms with Crippen LogP contribution >= 0.6 is 0 Å². The molecule has 1 amide bonds. The number of amides is 1. The van der Waals surface area contributed by atoms with Gasteiger partial charge in [-0.05, 0) is 50.4 Å². The zero-order valence-corrected chi connectivity index (χ0v) is 20.5. The van der Waals surface area contributed by atoms with Gasteiger partial charge in [0.1, 0.15) is 6.61 Å². The molecular formula is C24H29BN5O4S. The number of hydrogen-bond donors (Lipinski definition) is 2. The average Bonchev–Trinajstić information content (AvgIpc) is 3.27.